The molecule has 2 fully saturated rings. The largest absolute Gasteiger partial charge is 0.390 e. The molecule has 1 aliphatic carbocycles. The molecule has 2 aliphatic rings. The summed E-state index contributed by atoms with van der Waals surface area (Å²) in [5.74, 6) is 1.83. The van der Waals surface area contributed by atoms with Crippen molar-refractivity contribution in [3.8, 4) is 0 Å². The van der Waals surface area contributed by atoms with Gasteiger partial charge in [0.2, 0.25) is 5.89 Å². The van der Waals surface area contributed by atoms with Crippen LogP contribution in [0.3, 0.4) is 0 Å². The predicted octanol–water partition coefficient (Wildman–Crippen LogP) is 3.10. The maximum absolute atomic E-state index is 10.8. The number of rotatable bonds is 4. The highest BCUT2D eigenvalue weighted by Crippen LogP contribution is 2.39. The number of aliphatic hydroxyl groups is 1. The third kappa shape index (κ3) is 3.62. The number of aromatic nitrogens is 2. The molecule has 2 atom stereocenters. The van der Waals surface area contributed by atoms with Crippen LogP contribution in [0.1, 0.15) is 54.9 Å². The first-order valence-electron chi connectivity index (χ1n) is 9.43. The van der Waals surface area contributed by atoms with E-state index in [-0.39, 0.29) is 0 Å². The second-order valence-corrected chi connectivity index (χ2v) is 7.74. The summed E-state index contributed by atoms with van der Waals surface area (Å²) in [5, 5.41) is 15.0. The lowest BCUT2D eigenvalue weighted by Gasteiger charge is -2.47. The lowest BCUT2D eigenvalue weighted by molar-refractivity contribution is -0.0971. The number of fused-ring (bicyclic) bond motifs is 1. The Morgan fingerprint density at radius 3 is 3.04 bits per heavy atom. The minimum Gasteiger partial charge on any atom is -0.390 e. The van der Waals surface area contributed by atoms with Crippen LogP contribution < -0.4 is 0 Å². The summed E-state index contributed by atoms with van der Waals surface area (Å²) in [6.07, 6.45) is 6.06. The molecule has 5 heteroatoms. The number of aryl methyl sites for hydroxylation is 1. The van der Waals surface area contributed by atoms with Crippen molar-refractivity contribution in [2.75, 3.05) is 13.1 Å². The molecule has 2 heterocycles. The molecule has 0 spiro atoms. The number of nitrogens with zero attached hydrogens (tertiary/aromatic N) is 3. The second kappa shape index (κ2) is 6.89. The van der Waals surface area contributed by atoms with Crippen LogP contribution >= 0.6 is 0 Å². The predicted molar refractivity (Wildman–Crippen MR) is 95.1 cm³/mol. The van der Waals surface area contributed by atoms with E-state index in [0.29, 0.717) is 24.8 Å². The van der Waals surface area contributed by atoms with Crippen molar-refractivity contribution in [3.63, 3.8) is 0 Å². The zero-order chi connectivity index (χ0) is 17.3. The molecule has 2 unspecified atom stereocenters. The van der Waals surface area contributed by atoms with Gasteiger partial charge in [-0.2, -0.15) is 4.98 Å². The summed E-state index contributed by atoms with van der Waals surface area (Å²) >= 11 is 0. The smallest absolute Gasteiger partial charge is 0.231 e. The molecule has 0 amide bonds. The molecular weight excluding hydrogens is 314 g/mol. The van der Waals surface area contributed by atoms with Gasteiger partial charge in [-0.1, -0.05) is 42.3 Å². The van der Waals surface area contributed by atoms with Crippen molar-refractivity contribution in [3.05, 3.63) is 47.1 Å². The van der Waals surface area contributed by atoms with Crippen LogP contribution in [0.5, 0.6) is 0 Å². The monoisotopic (exact) mass is 341 g/mol. The van der Waals surface area contributed by atoms with Crippen LogP contribution in [-0.2, 0) is 13.0 Å². The highest BCUT2D eigenvalue weighted by molar-refractivity contribution is 5.27. The molecule has 1 aromatic heterocycles. The van der Waals surface area contributed by atoms with E-state index in [1.165, 1.54) is 24.0 Å². The van der Waals surface area contributed by atoms with Gasteiger partial charge in [0.1, 0.15) is 0 Å². The zero-order valence-electron chi connectivity index (χ0n) is 14.9. The van der Waals surface area contributed by atoms with Crippen LogP contribution in [0.4, 0.5) is 0 Å². The molecule has 5 nitrogen and oxygen atoms in total. The molecule has 2 aromatic rings. The minimum absolute atomic E-state index is 0.397. The number of likely N-dealkylation sites (tertiary alicyclic amines) is 1. The number of hydrogen-bond donors (Lipinski definition) is 1. The molecule has 1 aliphatic heterocycles. The van der Waals surface area contributed by atoms with Crippen molar-refractivity contribution in [2.24, 2.45) is 5.92 Å². The van der Waals surface area contributed by atoms with Crippen LogP contribution in [0.25, 0.3) is 0 Å². The van der Waals surface area contributed by atoms with Crippen molar-refractivity contribution >= 4 is 0 Å². The number of benzene rings is 1. The highest BCUT2D eigenvalue weighted by Gasteiger charge is 2.42. The molecular formula is C20H27N3O2. The Labute approximate surface area is 149 Å². The first-order valence-corrected chi connectivity index (χ1v) is 9.43. The van der Waals surface area contributed by atoms with E-state index >= 15 is 0 Å². The quantitative estimate of drug-likeness (QED) is 0.926. The molecule has 1 saturated heterocycles. The summed E-state index contributed by atoms with van der Waals surface area (Å²) in [7, 11) is 0. The van der Waals surface area contributed by atoms with Crippen molar-refractivity contribution in [1.29, 1.82) is 0 Å². The van der Waals surface area contributed by atoms with Gasteiger partial charge in [0.05, 0.1) is 18.6 Å². The van der Waals surface area contributed by atoms with E-state index in [1.54, 1.807) is 0 Å². The molecule has 25 heavy (non-hydrogen) atoms. The van der Waals surface area contributed by atoms with E-state index in [4.69, 9.17) is 4.52 Å². The van der Waals surface area contributed by atoms with Crippen molar-refractivity contribution in [2.45, 2.75) is 57.6 Å². The summed E-state index contributed by atoms with van der Waals surface area (Å²) in [4.78, 5) is 6.95. The van der Waals surface area contributed by atoms with Gasteiger partial charge in [-0.15, -0.1) is 0 Å². The van der Waals surface area contributed by atoms with Gasteiger partial charge in [0.25, 0.3) is 0 Å². The van der Waals surface area contributed by atoms with Gasteiger partial charge in [0.15, 0.2) is 5.82 Å². The number of piperidine rings is 1. The standard InChI is InChI=1S/C20H27N3O2/c1-15-6-2-3-7-16(15)12-19-21-18(22-25-19)14-23-11-10-20(24)9-5-4-8-17(20)13-23/h2-3,6-7,17,24H,4-5,8-14H2,1H3. The van der Waals surface area contributed by atoms with E-state index < -0.39 is 5.60 Å². The van der Waals surface area contributed by atoms with E-state index in [0.717, 1.165) is 38.2 Å². The first kappa shape index (κ1) is 16.7. The van der Waals surface area contributed by atoms with Crippen LogP contribution in [0.2, 0.25) is 0 Å². The Bertz CT molecular complexity index is 729. The molecule has 134 valence electrons. The molecule has 0 radical (unpaired) electrons. The van der Waals surface area contributed by atoms with Crippen LogP contribution in [0, 0.1) is 12.8 Å². The fourth-order valence-electron chi connectivity index (χ4n) is 4.38. The van der Waals surface area contributed by atoms with E-state index in [2.05, 4.69) is 34.1 Å². The maximum Gasteiger partial charge on any atom is 0.231 e. The average molecular weight is 341 g/mol. The molecule has 4 rings (SSSR count). The summed E-state index contributed by atoms with van der Waals surface area (Å²) < 4.78 is 5.45. The van der Waals surface area contributed by atoms with Gasteiger partial charge in [-0.05, 0) is 37.3 Å². The topological polar surface area (TPSA) is 62.4 Å². The van der Waals surface area contributed by atoms with Gasteiger partial charge >= 0.3 is 0 Å². The van der Waals surface area contributed by atoms with Crippen molar-refractivity contribution < 1.29 is 9.63 Å². The second-order valence-electron chi connectivity index (χ2n) is 7.74. The number of hydrogen-bond acceptors (Lipinski definition) is 5. The summed E-state index contributed by atoms with van der Waals surface area (Å²) in [6, 6.07) is 8.29. The van der Waals surface area contributed by atoms with E-state index in [1.807, 2.05) is 12.1 Å². The average Bonchev–Trinajstić information content (AvgIpc) is 3.04. The van der Waals surface area contributed by atoms with Gasteiger partial charge < -0.3 is 9.63 Å². The third-order valence-corrected chi connectivity index (χ3v) is 5.99. The van der Waals surface area contributed by atoms with E-state index in [9.17, 15) is 5.11 Å². The van der Waals surface area contributed by atoms with Gasteiger partial charge in [-0.25, -0.2) is 0 Å². The maximum atomic E-state index is 10.8. The van der Waals surface area contributed by atoms with Crippen LogP contribution in [0.15, 0.2) is 28.8 Å². The molecule has 1 aromatic carbocycles. The molecule has 1 saturated carbocycles. The molecule has 0 bridgehead atoms. The molecule has 1 N–H and O–H groups in total. The van der Waals surface area contributed by atoms with Gasteiger partial charge in [-0.3, -0.25) is 4.90 Å². The fourth-order valence-corrected chi connectivity index (χ4v) is 4.38. The Morgan fingerprint density at radius 2 is 2.16 bits per heavy atom. The first-order chi connectivity index (χ1) is 12.1. The third-order valence-electron chi connectivity index (χ3n) is 5.99. The lowest BCUT2D eigenvalue weighted by Crippen LogP contribution is -2.53. The Balaban J connectivity index is 1.38. The Kier molecular flexibility index (Phi) is 4.61. The Morgan fingerprint density at radius 1 is 1.28 bits per heavy atom. The van der Waals surface area contributed by atoms with Gasteiger partial charge in [0, 0.05) is 19.0 Å². The highest BCUT2D eigenvalue weighted by atomic mass is 16.5. The van der Waals surface area contributed by atoms with Crippen molar-refractivity contribution in [1.82, 2.24) is 15.0 Å². The summed E-state index contributed by atoms with van der Waals surface area (Å²) in [5.41, 5.74) is 2.04. The zero-order valence-corrected chi connectivity index (χ0v) is 14.9. The Hall–Kier alpha value is -1.72. The summed E-state index contributed by atoms with van der Waals surface area (Å²) in [6.45, 7) is 4.67. The lowest BCUT2D eigenvalue weighted by atomic mass is 9.71. The minimum atomic E-state index is -0.429. The SMILES string of the molecule is Cc1ccccc1Cc1nc(CN2CCC3(O)CCCCC3C2)no1. The fraction of sp³-hybridized carbons (Fsp3) is 0.600. The van der Waals surface area contributed by atoms with Crippen LogP contribution in [-0.4, -0.2) is 38.8 Å². The normalized spacial score (nSPS) is 27.2.